The van der Waals surface area contributed by atoms with Crippen LogP contribution in [0.3, 0.4) is 0 Å². The fourth-order valence-electron chi connectivity index (χ4n) is 3.64. The summed E-state index contributed by atoms with van der Waals surface area (Å²) in [6, 6.07) is 14.4. The van der Waals surface area contributed by atoms with Crippen molar-refractivity contribution in [3.05, 3.63) is 59.9 Å². The van der Waals surface area contributed by atoms with E-state index >= 15 is 0 Å². The highest BCUT2D eigenvalue weighted by atomic mass is 19.1. The van der Waals surface area contributed by atoms with Gasteiger partial charge in [0, 0.05) is 56.2 Å². The number of halogens is 1. The average Bonchev–Trinajstić information content (AvgIpc) is 2.75. The van der Waals surface area contributed by atoms with Crippen LogP contribution in [0.15, 0.2) is 48.5 Å². The molecule has 2 aromatic carbocycles. The number of nitrogens with zero attached hydrogens (tertiary/aromatic N) is 3. The van der Waals surface area contributed by atoms with Crippen LogP contribution in [0, 0.1) is 5.82 Å². The quantitative estimate of drug-likeness (QED) is 0.833. The van der Waals surface area contributed by atoms with Gasteiger partial charge in [-0.25, -0.2) is 4.39 Å². The van der Waals surface area contributed by atoms with E-state index in [0.717, 1.165) is 56.3 Å². The van der Waals surface area contributed by atoms with Crippen LogP contribution in [0.5, 0.6) is 0 Å². The van der Waals surface area contributed by atoms with Gasteiger partial charge in [-0.2, -0.15) is 0 Å². The Kier molecular flexibility index (Phi) is 5.25. The van der Waals surface area contributed by atoms with Crippen LogP contribution in [0.4, 0.5) is 15.8 Å². The van der Waals surface area contributed by atoms with E-state index in [0.29, 0.717) is 13.1 Å². The molecule has 2 fully saturated rings. The molecule has 2 aromatic rings. The van der Waals surface area contributed by atoms with Crippen molar-refractivity contribution in [2.45, 2.75) is 0 Å². The molecule has 0 spiro atoms. The molecular formula is C21H24FN3O2. The van der Waals surface area contributed by atoms with Gasteiger partial charge in [0.2, 0.25) is 0 Å². The molecule has 2 aliphatic rings. The highest BCUT2D eigenvalue weighted by Crippen LogP contribution is 2.20. The molecule has 2 aliphatic heterocycles. The third-order valence-corrected chi connectivity index (χ3v) is 5.25. The van der Waals surface area contributed by atoms with Gasteiger partial charge in [0.25, 0.3) is 5.91 Å². The molecule has 1 amide bonds. The number of piperazine rings is 1. The number of benzene rings is 2. The fourth-order valence-corrected chi connectivity index (χ4v) is 3.64. The van der Waals surface area contributed by atoms with Gasteiger partial charge in [0.1, 0.15) is 5.82 Å². The van der Waals surface area contributed by atoms with Crippen molar-refractivity contribution >= 4 is 17.3 Å². The maximum Gasteiger partial charge on any atom is 0.253 e. The Balaban J connectivity index is 1.35. The first-order valence-electron chi connectivity index (χ1n) is 9.43. The molecule has 142 valence electrons. The molecule has 0 aromatic heterocycles. The summed E-state index contributed by atoms with van der Waals surface area (Å²) in [6.45, 7) is 6.12. The van der Waals surface area contributed by atoms with Crippen molar-refractivity contribution in [2.24, 2.45) is 0 Å². The van der Waals surface area contributed by atoms with Gasteiger partial charge in [0.05, 0.1) is 13.2 Å². The van der Waals surface area contributed by atoms with Crippen molar-refractivity contribution in [3.63, 3.8) is 0 Å². The molecule has 27 heavy (non-hydrogen) atoms. The number of hydrogen-bond acceptors (Lipinski definition) is 4. The van der Waals surface area contributed by atoms with E-state index in [1.807, 2.05) is 29.2 Å². The summed E-state index contributed by atoms with van der Waals surface area (Å²) in [6.07, 6.45) is 0. The zero-order valence-electron chi connectivity index (χ0n) is 15.3. The Morgan fingerprint density at radius 3 is 1.85 bits per heavy atom. The third-order valence-electron chi connectivity index (χ3n) is 5.25. The Hall–Kier alpha value is -2.60. The van der Waals surface area contributed by atoms with Crippen LogP contribution >= 0.6 is 0 Å². The van der Waals surface area contributed by atoms with Crippen molar-refractivity contribution in [3.8, 4) is 0 Å². The van der Waals surface area contributed by atoms with E-state index in [-0.39, 0.29) is 11.7 Å². The number of ether oxygens (including phenoxy) is 1. The first-order valence-corrected chi connectivity index (χ1v) is 9.43. The van der Waals surface area contributed by atoms with Crippen LogP contribution in [0.25, 0.3) is 0 Å². The smallest absolute Gasteiger partial charge is 0.253 e. The van der Waals surface area contributed by atoms with E-state index in [1.165, 1.54) is 12.1 Å². The van der Waals surface area contributed by atoms with E-state index in [1.54, 1.807) is 12.1 Å². The SMILES string of the molecule is O=C(c1ccc(N2CCOCC2)cc1)N1CCN(c2ccc(F)cc2)CC1. The van der Waals surface area contributed by atoms with Gasteiger partial charge in [-0.15, -0.1) is 0 Å². The minimum absolute atomic E-state index is 0.0716. The van der Waals surface area contributed by atoms with Crippen LogP contribution in [0.2, 0.25) is 0 Å². The molecule has 2 heterocycles. The molecule has 0 unspecified atom stereocenters. The molecule has 0 saturated carbocycles. The Morgan fingerprint density at radius 1 is 0.741 bits per heavy atom. The summed E-state index contributed by atoms with van der Waals surface area (Å²) in [4.78, 5) is 19.2. The molecule has 5 nitrogen and oxygen atoms in total. The summed E-state index contributed by atoms with van der Waals surface area (Å²) >= 11 is 0. The van der Waals surface area contributed by atoms with E-state index in [9.17, 15) is 9.18 Å². The second-order valence-corrected chi connectivity index (χ2v) is 6.90. The Bertz CT molecular complexity index is 765. The zero-order valence-corrected chi connectivity index (χ0v) is 15.3. The van der Waals surface area contributed by atoms with Gasteiger partial charge < -0.3 is 19.4 Å². The predicted octanol–water partition coefficient (Wildman–Crippen LogP) is 2.62. The van der Waals surface area contributed by atoms with Gasteiger partial charge in [-0.1, -0.05) is 0 Å². The normalized spacial score (nSPS) is 17.9. The Morgan fingerprint density at radius 2 is 1.26 bits per heavy atom. The van der Waals surface area contributed by atoms with Crippen LogP contribution in [-0.2, 0) is 4.74 Å². The maximum atomic E-state index is 13.1. The standard InChI is InChI=1S/C21H24FN3O2/c22-18-3-7-20(8-4-18)23-9-11-25(12-10-23)21(26)17-1-5-19(6-2-17)24-13-15-27-16-14-24/h1-8H,9-16H2. The van der Waals surface area contributed by atoms with E-state index in [2.05, 4.69) is 9.80 Å². The van der Waals surface area contributed by atoms with Crippen LogP contribution < -0.4 is 9.80 Å². The minimum atomic E-state index is -0.229. The highest BCUT2D eigenvalue weighted by molar-refractivity contribution is 5.94. The summed E-state index contributed by atoms with van der Waals surface area (Å²) in [7, 11) is 0. The summed E-state index contributed by atoms with van der Waals surface area (Å²) in [5.74, 6) is -0.157. The molecule has 0 bridgehead atoms. The molecule has 0 N–H and O–H groups in total. The topological polar surface area (TPSA) is 36.0 Å². The first-order chi connectivity index (χ1) is 13.2. The summed E-state index contributed by atoms with van der Waals surface area (Å²) < 4.78 is 18.5. The lowest BCUT2D eigenvalue weighted by Gasteiger charge is -2.36. The maximum absolute atomic E-state index is 13.1. The molecule has 0 radical (unpaired) electrons. The lowest BCUT2D eigenvalue weighted by atomic mass is 10.1. The lowest BCUT2D eigenvalue weighted by Crippen LogP contribution is -2.48. The predicted molar refractivity (Wildman–Crippen MR) is 104 cm³/mol. The zero-order chi connectivity index (χ0) is 18.6. The summed E-state index contributed by atoms with van der Waals surface area (Å²) in [5, 5.41) is 0. The van der Waals surface area contributed by atoms with E-state index in [4.69, 9.17) is 4.74 Å². The van der Waals surface area contributed by atoms with Crippen molar-refractivity contribution < 1.29 is 13.9 Å². The van der Waals surface area contributed by atoms with Crippen LogP contribution in [-0.4, -0.2) is 63.3 Å². The molecule has 0 atom stereocenters. The van der Waals surface area contributed by atoms with Gasteiger partial charge in [0.15, 0.2) is 0 Å². The van der Waals surface area contributed by atoms with Gasteiger partial charge in [-0.3, -0.25) is 4.79 Å². The molecule has 2 saturated heterocycles. The second kappa shape index (κ2) is 7.96. The molecular weight excluding hydrogens is 345 g/mol. The van der Waals surface area contributed by atoms with Crippen molar-refractivity contribution in [2.75, 3.05) is 62.3 Å². The van der Waals surface area contributed by atoms with Gasteiger partial charge >= 0.3 is 0 Å². The second-order valence-electron chi connectivity index (χ2n) is 6.90. The number of carbonyl (C=O) groups excluding carboxylic acids is 1. The van der Waals surface area contributed by atoms with Crippen molar-refractivity contribution in [1.82, 2.24) is 4.90 Å². The number of hydrogen-bond donors (Lipinski definition) is 0. The average molecular weight is 369 g/mol. The lowest BCUT2D eigenvalue weighted by molar-refractivity contribution is 0.0746. The number of morpholine rings is 1. The van der Waals surface area contributed by atoms with Gasteiger partial charge in [-0.05, 0) is 48.5 Å². The largest absolute Gasteiger partial charge is 0.378 e. The van der Waals surface area contributed by atoms with Crippen molar-refractivity contribution in [1.29, 1.82) is 0 Å². The first kappa shape index (κ1) is 17.8. The monoisotopic (exact) mass is 369 g/mol. The number of anilines is 2. The van der Waals surface area contributed by atoms with Crippen LogP contribution in [0.1, 0.15) is 10.4 Å². The molecule has 6 heteroatoms. The number of rotatable bonds is 3. The Labute approximate surface area is 158 Å². The minimum Gasteiger partial charge on any atom is -0.378 e. The highest BCUT2D eigenvalue weighted by Gasteiger charge is 2.22. The fraction of sp³-hybridized carbons (Fsp3) is 0.381. The third kappa shape index (κ3) is 4.06. The summed E-state index contributed by atoms with van der Waals surface area (Å²) in [5.41, 5.74) is 2.86. The number of carbonyl (C=O) groups is 1. The molecule has 0 aliphatic carbocycles. The number of amides is 1. The van der Waals surface area contributed by atoms with E-state index < -0.39 is 0 Å². The molecule has 4 rings (SSSR count).